The lowest BCUT2D eigenvalue weighted by atomic mass is 10.1. The molecule has 2 atom stereocenters. The predicted octanol–water partition coefficient (Wildman–Crippen LogP) is 1.76. The largest absolute Gasteiger partial charge is 0.370 e. The summed E-state index contributed by atoms with van der Waals surface area (Å²) >= 11 is 0. The molecule has 0 saturated carbocycles. The van der Waals surface area contributed by atoms with E-state index in [0.717, 1.165) is 55.3 Å². The molecule has 1 saturated heterocycles. The Morgan fingerprint density at radius 3 is 3.20 bits per heavy atom. The summed E-state index contributed by atoms with van der Waals surface area (Å²) in [6.45, 7) is 3.85. The summed E-state index contributed by atoms with van der Waals surface area (Å²) in [4.78, 5) is 13.8. The molecule has 2 unspecified atom stereocenters. The van der Waals surface area contributed by atoms with Crippen molar-refractivity contribution in [2.24, 2.45) is 15.0 Å². The second-order valence-electron chi connectivity index (χ2n) is 5.34. The highest BCUT2D eigenvalue weighted by Crippen LogP contribution is 2.28. The van der Waals surface area contributed by atoms with Gasteiger partial charge in [-0.2, -0.15) is 5.10 Å². The van der Waals surface area contributed by atoms with E-state index in [1.165, 1.54) is 0 Å². The first-order valence-electron chi connectivity index (χ1n) is 7.25. The molecule has 0 amide bonds. The highest BCUT2D eigenvalue weighted by atomic mass is 16.5. The van der Waals surface area contributed by atoms with Gasteiger partial charge in [-0.05, 0) is 19.3 Å². The monoisotopic (exact) mass is 271 g/mol. The van der Waals surface area contributed by atoms with Crippen LogP contribution in [-0.2, 0) is 11.3 Å². The summed E-state index contributed by atoms with van der Waals surface area (Å²) in [6, 6.07) is -0.0547. The number of ether oxygens (including phenoxy) is 1. The van der Waals surface area contributed by atoms with Crippen LogP contribution in [0, 0.1) is 0 Å². The van der Waals surface area contributed by atoms with Crippen LogP contribution < -0.4 is 0 Å². The highest BCUT2D eigenvalue weighted by molar-refractivity contribution is 6.24. The maximum Gasteiger partial charge on any atom is 0.182 e. The van der Waals surface area contributed by atoms with Gasteiger partial charge in [-0.1, -0.05) is 6.92 Å². The van der Waals surface area contributed by atoms with Crippen LogP contribution in [0.1, 0.15) is 31.7 Å². The van der Waals surface area contributed by atoms with Gasteiger partial charge in [0.15, 0.2) is 11.7 Å². The van der Waals surface area contributed by atoms with Crippen LogP contribution in [0.25, 0.3) is 0 Å². The normalized spacial score (nSPS) is 27.2. The average Bonchev–Trinajstić information content (AvgIpc) is 3.16. The highest BCUT2D eigenvalue weighted by Gasteiger charge is 2.33. The van der Waals surface area contributed by atoms with Crippen molar-refractivity contribution >= 4 is 23.6 Å². The Bertz CT molecular complexity index is 622. The third-order valence-electron chi connectivity index (χ3n) is 3.81. The zero-order valence-electron chi connectivity index (χ0n) is 11.5. The zero-order valence-corrected chi connectivity index (χ0v) is 11.5. The summed E-state index contributed by atoms with van der Waals surface area (Å²) < 4.78 is 7.61. The number of rotatable bonds is 3. The molecule has 20 heavy (non-hydrogen) atoms. The molecule has 3 aliphatic rings. The molecular weight excluding hydrogens is 254 g/mol. The maximum absolute atomic E-state index is 5.67. The van der Waals surface area contributed by atoms with Crippen LogP contribution in [0.4, 0.5) is 5.82 Å². The minimum Gasteiger partial charge on any atom is -0.370 e. The molecular formula is C14H17N5O. The fourth-order valence-electron chi connectivity index (χ4n) is 2.85. The Hall–Kier alpha value is -1.82. The number of aryl methyl sites for hydroxylation is 1. The van der Waals surface area contributed by atoms with Crippen molar-refractivity contribution in [3.8, 4) is 0 Å². The molecule has 104 valence electrons. The Morgan fingerprint density at radius 1 is 1.45 bits per heavy atom. The number of amidine groups is 1. The van der Waals surface area contributed by atoms with Gasteiger partial charge in [-0.15, -0.1) is 0 Å². The summed E-state index contributed by atoms with van der Waals surface area (Å²) in [6.07, 6.45) is 7.10. The lowest BCUT2D eigenvalue weighted by Crippen LogP contribution is -2.20. The van der Waals surface area contributed by atoms with Crippen molar-refractivity contribution in [1.29, 1.82) is 0 Å². The quantitative estimate of drug-likeness (QED) is 0.840. The first-order valence-corrected chi connectivity index (χ1v) is 7.25. The van der Waals surface area contributed by atoms with Gasteiger partial charge in [0.25, 0.3) is 0 Å². The summed E-state index contributed by atoms with van der Waals surface area (Å²) in [5.41, 5.74) is 1.99. The van der Waals surface area contributed by atoms with E-state index in [1.807, 2.05) is 17.1 Å². The summed E-state index contributed by atoms with van der Waals surface area (Å²) in [5, 5.41) is 4.48. The van der Waals surface area contributed by atoms with E-state index < -0.39 is 0 Å². The fourth-order valence-corrected chi connectivity index (χ4v) is 2.85. The molecule has 3 aliphatic heterocycles. The van der Waals surface area contributed by atoms with E-state index in [1.54, 1.807) is 0 Å². The molecule has 1 aromatic rings. The van der Waals surface area contributed by atoms with E-state index in [2.05, 4.69) is 22.0 Å². The van der Waals surface area contributed by atoms with Gasteiger partial charge in [0.1, 0.15) is 12.1 Å². The molecule has 4 rings (SSSR count). The van der Waals surface area contributed by atoms with Gasteiger partial charge in [0, 0.05) is 25.6 Å². The number of aliphatic imine (C=N–C) groups is 3. The van der Waals surface area contributed by atoms with Crippen molar-refractivity contribution in [3.05, 3.63) is 11.8 Å². The van der Waals surface area contributed by atoms with Gasteiger partial charge in [-0.25, -0.2) is 9.98 Å². The minimum absolute atomic E-state index is 0.0547. The topological polar surface area (TPSA) is 64.1 Å². The lowest BCUT2D eigenvalue weighted by molar-refractivity contribution is 0.158. The average molecular weight is 271 g/mol. The van der Waals surface area contributed by atoms with Crippen LogP contribution in [0.5, 0.6) is 0 Å². The molecule has 1 fully saturated rings. The van der Waals surface area contributed by atoms with Gasteiger partial charge in [0.05, 0.1) is 11.3 Å². The fraction of sp³-hybridized carbons (Fsp3) is 0.571. The molecule has 6 nitrogen and oxygen atoms in total. The number of hydrogen-bond donors (Lipinski definition) is 0. The van der Waals surface area contributed by atoms with Crippen LogP contribution in [0.2, 0.25) is 0 Å². The van der Waals surface area contributed by atoms with Gasteiger partial charge in [-0.3, -0.25) is 9.67 Å². The molecule has 0 spiro atoms. The van der Waals surface area contributed by atoms with Gasteiger partial charge >= 0.3 is 0 Å². The minimum atomic E-state index is -0.0547. The Labute approximate surface area is 117 Å². The third kappa shape index (κ3) is 1.83. The second-order valence-corrected chi connectivity index (χ2v) is 5.34. The molecule has 0 radical (unpaired) electrons. The summed E-state index contributed by atoms with van der Waals surface area (Å²) in [5.74, 6) is 1.59. The van der Waals surface area contributed by atoms with Crippen molar-refractivity contribution in [2.45, 2.75) is 44.9 Å². The van der Waals surface area contributed by atoms with Crippen LogP contribution >= 0.6 is 0 Å². The van der Waals surface area contributed by atoms with Crippen LogP contribution in [0.15, 0.2) is 21.2 Å². The smallest absolute Gasteiger partial charge is 0.182 e. The van der Waals surface area contributed by atoms with E-state index in [4.69, 9.17) is 9.73 Å². The van der Waals surface area contributed by atoms with E-state index in [0.29, 0.717) is 0 Å². The number of aromatic nitrogens is 2. The first kappa shape index (κ1) is 12.0. The molecule has 0 N–H and O–H groups in total. The Balaban J connectivity index is 1.67. The Morgan fingerprint density at radius 2 is 2.40 bits per heavy atom. The van der Waals surface area contributed by atoms with Crippen molar-refractivity contribution < 1.29 is 4.74 Å². The molecule has 6 heteroatoms. The van der Waals surface area contributed by atoms with E-state index >= 15 is 0 Å². The molecule has 0 aromatic carbocycles. The number of fused-ring (bicyclic) bond motifs is 3. The number of hydrogen-bond acceptors (Lipinski definition) is 5. The molecule has 1 aromatic heterocycles. The predicted molar refractivity (Wildman–Crippen MR) is 77.4 cm³/mol. The Kier molecular flexibility index (Phi) is 2.77. The molecule has 0 bridgehead atoms. The van der Waals surface area contributed by atoms with Crippen molar-refractivity contribution in [1.82, 2.24) is 9.78 Å². The lowest BCUT2D eigenvalue weighted by Gasteiger charge is -2.08. The first-order chi connectivity index (χ1) is 9.85. The van der Waals surface area contributed by atoms with Gasteiger partial charge in [0.2, 0.25) is 0 Å². The standard InChI is InChI=1S/C14H17N5O/c1-2-5-19-8-9-12-10(7-15-13(9)18-19)16-14(17-12)11-4-3-6-20-11/h7-8,10-11H,2-6H2,1H3. The van der Waals surface area contributed by atoms with Crippen molar-refractivity contribution in [2.75, 3.05) is 6.61 Å². The van der Waals surface area contributed by atoms with Crippen molar-refractivity contribution in [3.63, 3.8) is 0 Å². The number of nitrogens with zero attached hydrogens (tertiary/aromatic N) is 5. The van der Waals surface area contributed by atoms with Crippen LogP contribution in [0.3, 0.4) is 0 Å². The summed E-state index contributed by atoms with van der Waals surface area (Å²) in [7, 11) is 0. The molecule has 0 aliphatic carbocycles. The second kappa shape index (κ2) is 4.63. The third-order valence-corrected chi connectivity index (χ3v) is 3.81. The zero-order chi connectivity index (χ0) is 13.5. The van der Waals surface area contributed by atoms with E-state index in [9.17, 15) is 0 Å². The van der Waals surface area contributed by atoms with E-state index in [-0.39, 0.29) is 12.1 Å². The maximum atomic E-state index is 5.67. The SMILES string of the molecule is CCCn1cc2c(n1)N=CC1N=C(C3CCCO3)N=C21. The van der Waals surface area contributed by atoms with Crippen LogP contribution in [-0.4, -0.2) is 46.3 Å². The molecule has 4 heterocycles. The van der Waals surface area contributed by atoms with Gasteiger partial charge < -0.3 is 4.74 Å².